The maximum atomic E-state index is 12.2. The van der Waals surface area contributed by atoms with Gasteiger partial charge in [0.15, 0.2) is 0 Å². The van der Waals surface area contributed by atoms with E-state index in [4.69, 9.17) is 9.52 Å². The molecule has 2 aromatic heterocycles. The number of thiophene rings is 1. The highest BCUT2D eigenvalue weighted by atomic mass is 32.1. The monoisotopic (exact) mass is 348 g/mol. The lowest BCUT2D eigenvalue weighted by Crippen LogP contribution is -2.37. The molecule has 0 unspecified atom stereocenters. The van der Waals surface area contributed by atoms with E-state index in [1.54, 1.807) is 17.4 Å². The first-order valence-corrected chi connectivity index (χ1v) is 8.71. The van der Waals surface area contributed by atoms with Crippen LogP contribution in [-0.4, -0.2) is 34.5 Å². The van der Waals surface area contributed by atoms with Gasteiger partial charge in [-0.2, -0.15) is 0 Å². The van der Waals surface area contributed by atoms with E-state index in [9.17, 15) is 9.59 Å². The van der Waals surface area contributed by atoms with Crippen LogP contribution in [0.25, 0.3) is 0 Å². The Labute approximate surface area is 144 Å². The van der Waals surface area contributed by atoms with Crippen LogP contribution in [0.5, 0.6) is 0 Å². The molecule has 24 heavy (non-hydrogen) atoms. The van der Waals surface area contributed by atoms with E-state index in [-0.39, 0.29) is 18.2 Å². The Bertz CT molecular complexity index is 733. The minimum absolute atomic E-state index is 0.0801. The molecule has 0 radical (unpaired) electrons. The largest absolute Gasteiger partial charge is 0.475 e. The number of hydrogen-bond acceptors (Lipinski definition) is 5. The van der Waals surface area contributed by atoms with Crippen molar-refractivity contribution in [2.45, 2.75) is 38.9 Å². The predicted molar refractivity (Wildman–Crippen MR) is 90.0 cm³/mol. The van der Waals surface area contributed by atoms with Gasteiger partial charge in [-0.15, -0.1) is 11.3 Å². The summed E-state index contributed by atoms with van der Waals surface area (Å²) in [6.45, 7) is 3.41. The Morgan fingerprint density at radius 3 is 2.71 bits per heavy atom. The standard InChI is InChI=1S/C17H20N2O4S/c1-11-2-6-14(24-11)9-19(12-3-4-12)10-16(20)18-8-13-5-7-15(23-13)17(21)22/h2,5-7,12H,3-4,8-10H2,1H3,(H,18,20)(H,21,22). The van der Waals surface area contributed by atoms with Gasteiger partial charge >= 0.3 is 5.97 Å². The summed E-state index contributed by atoms with van der Waals surface area (Å²) in [4.78, 5) is 27.7. The molecule has 2 heterocycles. The van der Waals surface area contributed by atoms with E-state index in [0.717, 1.165) is 19.4 Å². The summed E-state index contributed by atoms with van der Waals surface area (Å²) in [7, 11) is 0. The predicted octanol–water partition coefficient (Wildman–Crippen LogP) is 2.63. The summed E-state index contributed by atoms with van der Waals surface area (Å²) in [6, 6.07) is 7.66. The Kier molecular flexibility index (Phi) is 5.01. The van der Waals surface area contributed by atoms with E-state index in [1.807, 2.05) is 0 Å². The van der Waals surface area contributed by atoms with Gasteiger partial charge in [-0.1, -0.05) is 0 Å². The number of nitrogens with one attached hydrogen (secondary N) is 1. The van der Waals surface area contributed by atoms with Gasteiger partial charge in [-0.25, -0.2) is 4.79 Å². The SMILES string of the molecule is Cc1ccc(CN(CC(=O)NCc2ccc(C(=O)O)o2)C2CC2)s1. The van der Waals surface area contributed by atoms with Crippen molar-refractivity contribution in [1.29, 1.82) is 0 Å². The molecule has 1 saturated carbocycles. The molecule has 1 amide bonds. The number of carbonyl (C=O) groups is 2. The first-order chi connectivity index (χ1) is 11.5. The van der Waals surface area contributed by atoms with Gasteiger partial charge in [0.25, 0.3) is 0 Å². The number of carbonyl (C=O) groups excluding carboxylic acids is 1. The van der Waals surface area contributed by atoms with Crippen LogP contribution in [0.2, 0.25) is 0 Å². The molecule has 128 valence electrons. The Balaban J connectivity index is 1.50. The summed E-state index contributed by atoms with van der Waals surface area (Å²) in [5, 5.41) is 11.6. The number of furan rings is 1. The molecule has 3 rings (SSSR count). The third kappa shape index (κ3) is 4.46. The summed E-state index contributed by atoms with van der Waals surface area (Å²) in [6.07, 6.45) is 2.27. The van der Waals surface area contributed by atoms with Crippen LogP contribution in [-0.2, 0) is 17.9 Å². The van der Waals surface area contributed by atoms with E-state index < -0.39 is 5.97 Å². The minimum Gasteiger partial charge on any atom is -0.475 e. The van der Waals surface area contributed by atoms with Gasteiger partial charge < -0.3 is 14.8 Å². The van der Waals surface area contributed by atoms with Crippen LogP contribution in [0.3, 0.4) is 0 Å². The van der Waals surface area contributed by atoms with Crippen LogP contribution in [0.1, 0.15) is 38.9 Å². The van der Waals surface area contributed by atoms with Crippen molar-refractivity contribution in [3.05, 3.63) is 45.5 Å². The fourth-order valence-corrected chi connectivity index (χ4v) is 3.45. The second kappa shape index (κ2) is 7.19. The smallest absolute Gasteiger partial charge is 0.371 e. The fraction of sp³-hybridized carbons (Fsp3) is 0.412. The van der Waals surface area contributed by atoms with E-state index in [2.05, 4.69) is 29.3 Å². The first kappa shape index (κ1) is 16.7. The topological polar surface area (TPSA) is 82.8 Å². The Hall–Kier alpha value is -2.12. The maximum absolute atomic E-state index is 12.2. The highest BCUT2D eigenvalue weighted by Gasteiger charge is 2.30. The second-order valence-corrected chi connectivity index (χ2v) is 7.37. The molecule has 6 nitrogen and oxygen atoms in total. The van der Waals surface area contributed by atoms with Crippen molar-refractivity contribution in [1.82, 2.24) is 10.2 Å². The fourth-order valence-electron chi connectivity index (χ4n) is 2.54. The maximum Gasteiger partial charge on any atom is 0.371 e. The molecular formula is C17H20N2O4S. The molecule has 2 N–H and O–H groups in total. The number of aromatic carboxylic acids is 1. The molecule has 0 aromatic carbocycles. The Morgan fingerprint density at radius 1 is 1.33 bits per heavy atom. The summed E-state index contributed by atoms with van der Waals surface area (Å²) in [5.74, 6) is -0.873. The van der Waals surface area contributed by atoms with Gasteiger partial charge in [-0.05, 0) is 44.0 Å². The van der Waals surface area contributed by atoms with E-state index in [0.29, 0.717) is 18.3 Å². The normalized spacial score (nSPS) is 14.1. The van der Waals surface area contributed by atoms with Gasteiger partial charge in [0.2, 0.25) is 11.7 Å². The molecule has 0 saturated heterocycles. The lowest BCUT2D eigenvalue weighted by molar-refractivity contribution is -0.122. The van der Waals surface area contributed by atoms with Crippen molar-refractivity contribution >= 4 is 23.2 Å². The molecule has 7 heteroatoms. The van der Waals surface area contributed by atoms with Gasteiger partial charge in [0, 0.05) is 22.3 Å². The molecule has 1 aliphatic rings. The summed E-state index contributed by atoms with van der Waals surface area (Å²) in [5.41, 5.74) is 0. The van der Waals surface area contributed by atoms with E-state index >= 15 is 0 Å². The molecule has 1 aliphatic carbocycles. The zero-order valence-electron chi connectivity index (χ0n) is 13.4. The quantitative estimate of drug-likeness (QED) is 0.766. The van der Waals surface area contributed by atoms with Crippen LogP contribution >= 0.6 is 11.3 Å². The third-order valence-electron chi connectivity index (χ3n) is 3.90. The zero-order valence-corrected chi connectivity index (χ0v) is 14.3. The Morgan fingerprint density at radius 2 is 2.12 bits per heavy atom. The molecular weight excluding hydrogens is 328 g/mol. The number of aryl methyl sites for hydroxylation is 1. The van der Waals surface area contributed by atoms with Crippen molar-refractivity contribution in [2.24, 2.45) is 0 Å². The molecule has 2 aromatic rings. The van der Waals surface area contributed by atoms with Gasteiger partial charge in [-0.3, -0.25) is 9.69 Å². The molecule has 0 spiro atoms. The van der Waals surface area contributed by atoms with Crippen molar-refractivity contribution in [3.8, 4) is 0 Å². The highest BCUT2D eigenvalue weighted by molar-refractivity contribution is 7.11. The summed E-state index contributed by atoms with van der Waals surface area (Å²) < 4.78 is 5.13. The lowest BCUT2D eigenvalue weighted by atomic mass is 10.3. The van der Waals surface area contributed by atoms with Crippen LogP contribution in [0.4, 0.5) is 0 Å². The van der Waals surface area contributed by atoms with Crippen molar-refractivity contribution in [3.63, 3.8) is 0 Å². The molecule has 1 fully saturated rings. The van der Waals surface area contributed by atoms with Gasteiger partial charge in [0.05, 0.1) is 13.1 Å². The molecule has 0 atom stereocenters. The van der Waals surface area contributed by atoms with E-state index in [1.165, 1.54) is 15.8 Å². The van der Waals surface area contributed by atoms with Crippen LogP contribution in [0, 0.1) is 6.92 Å². The number of nitrogens with zero attached hydrogens (tertiary/aromatic N) is 1. The highest BCUT2D eigenvalue weighted by Crippen LogP contribution is 2.29. The summed E-state index contributed by atoms with van der Waals surface area (Å²) >= 11 is 1.76. The number of carboxylic acids is 1. The zero-order chi connectivity index (χ0) is 17.1. The molecule has 0 bridgehead atoms. The minimum atomic E-state index is -1.11. The average molecular weight is 348 g/mol. The van der Waals surface area contributed by atoms with Crippen molar-refractivity contribution in [2.75, 3.05) is 6.54 Å². The van der Waals surface area contributed by atoms with Crippen LogP contribution in [0.15, 0.2) is 28.7 Å². The number of hydrogen-bond donors (Lipinski definition) is 2. The number of carboxylic acid groups (broad SMARTS) is 1. The number of rotatable bonds is 8. The van der Waals surface area contributed by atoms with Crippen LogP contribution < -0.4 is 5.32 Å². The second-order valence-electron chi connectivity index (χ2n) is 6.00. The average Bonchev–Trinajstić information content (AvgIpc) is 3.13. The lowest BCUT2D eigenvalue weighted by Gasteiger charge is -2.20. The molecule has 0 aliphatic heterocycles. The van der Waals surface area contributed by atoms with Gasteiger partial charge in [0.1, 0.15) is 5.76 Å². The first-order valence-electron chi connectivity index (χ1n) is 7.89. The van der Waals surface area contributed by atoms with Crippen molar-refractivity contribution < 1.29 is 19.1 Å². The third-order valence-corrected chi connectivity index (χ3v) is 4.88. The number of amides is 1.